The van der Waals surface area contributed by atoms with Gasteiger partial charge in [-0.3, -0.25) is 9.59 Å². The van der Waals surface area contributed by atoms with Gasteiger partial charge in [-0.15, -0.1) is 0 Å². The summed E-state index contributed by atoms with van der Waals surface area (Å²) >= 11 is 5.85. The molecular formula is C21H14ClN3O2. The van der Waals surface area contributed by atoms with Crippen molar-refractivity contribution in [2.24, 2.45) is 0 Å². The van der Waals surface area contributed by atoms with Crippen molar-refractivity contribution >= 4 is 34.8 Å². The lowest BCUT2D eigenvalue weighted by molar-refractivity contribution is 0.102. The van der Waals surface area contributed by atoms with Crippen LogP contribution in [0.15, 0.2) is 72.8 Å². The quantitative estimate of drug-likeness (QED) is 0.692. The molecule has 0 saturated carbocycles. The van der Waals surface area contributed by atoms with Crippen LogP contribution in [0.5, 0.6) is 0 Å². The number of hydrogen-bond acceptors (Lipinski definition) is 3. The Labute approximate surface area is 161 Å². The maximum absolute atomic E-state index is 12.6. The monoisotopic (exact) mass is 375 g/mol. The van der Waals surface area contributed by atoms with E-state index in [1.54, 1.807) is 66.7 Å². The van der Waals surface area contributed by atoms with Crippen LogP contribution < -0.4 is 10.6 Å². The van der Waals surface area contributed by atoms with Gasteiger partial charge in [-0.05, 0) is 54.6 Å². The molecule has 3 rings (SSSR count). The van der Waals surface area contributed by atoms with Crippen LogP contribution in [0.3, 0.4) is 0 Å². The molecule has 0 heterocycles. The molecule has 0 saturated heterocycles. The van der Waals surface area contributed by atoms with Gasteiger partial charge >= 0.3 is 0 Å². The maximum atomic E-state index is 12.6. The van der Waals surface area contributed by atoms with E-state index in [4.69, 9.17) is 16.9 Å². The van der Waals surface area contributed by atoms with E-state index in [0.717, 1.165) is 0 Å². The normalized spacial score (nSPS) is 9.93. The zero-order valence-electron chi connectivity index (χ0n) is 14.1. The number of amides is 2. The second kappa shape index (κ2) is 8.17. The topological polar surface area (TPSA) is 82.0 Å². The third-order valence-electron chi connectivity index (χ3n) is 3.78. The van der Waals surface area contributed by atoms with E-state index in [-0.39, 0.29) is 5.91 Å². The van der Waals surface area contributed by atoms with Crippen LogP contribution in [0.2, 0.25) is 5.02 Å². The molecule has 3 aromatic rings. The summed E-state index contributed by atoms with van der Waals surface area (Å²) in [7, 11) is 0. The Kier molecular flexibility index (Phi) is 5.50. The molecular weight excluding hydrogens is 362 g/mol. The molecule has 0 unspecified atom stereocenters. The Bertz CT molecular complexity index is 1040. The fraction of sp³-hybridized carbons (Fsp3) is 0. The number of benzene rings is 3. The van der Waals surface area contributed by atoms with Gasteiger partial charge in [-0.25, -0.2) is 0 Å². The van der Waals surface area contributed by atoms with Gasteiger partial charge in [0.05, 0.1) is 22.9 Å². The summed E-state index contributed by atoms with van der Waals surface area (Å²) in [5.74, 6) is -0.766. The smallest absolute Gasteiger partial charge is 0.257 e. The van der Waals surface area contributed by atoms with Gasteiger partial charge in [0.1, 0.15) is 0 Å². The minimum Gasteiger partial charge on any atom is -0.322 e. The summed E-state index contributed by atoms with van der Waals surface area (Å²) in [6.45, 7) is 0. The number of anilines is 2. The van der Waals surface area contributed by atoms with Gasteiger partial charge in [0.15, 0.2) is 0 Å². The van der Waals surface area contributed by atoms with Crippen LogP contribution in [-0.2, 0) is 0 Å². The first-order valence-corrected chi connectivity index (χ1v) is 8.42. The molecule has 0 aliphatic carbocycles. The number of carbonyl (C=O) groups excluding carboxylic acids is 2. The predicted octanol–water partition coefficient (Wildman–Crippen LogP) is 4.72. The molecule has 0 aliphatic rings. The van der Waals surface area contributed by atoms with E-state index in [1.165, 1.54) is 6.07 Å². The maximum Gasteiger partial charge on any atom is 0.257 e. The Morgan fingerprint density at radius 2 is 1.59 bits per heavy atom. The fourth-order valence-corrected chi connectivity index (χ4v) is 2.57. The summed E-state index contributed by atoms with van der Waals surface area (Å²) < 4.78 is 0. The number of hydrogen-bond donors (Lipinski definition) is 2. The van der Waals surface area contributed by atoms with Gasteiger partial charge in [0.25, 0.3) is 11.8 Å². The van der Waals surface area contributed by atoms with Crippen molar-refractivity contribution in [1.29, 1.82) is 5.26 Å². The first-order valence-electron chi connectivity index (χ1n) is 8.04. The van der Waals surface area contributed by atoms with Crippen molar-refractivity contribution in [3.8, 4) is 6.07 Å². The Balaban J connectivity index is 1.81. The van der Waals surface area contributed by atoms with Gasteiger partial charge in [-0.1, -0.05) is 29.8 Å². The van der Waals surface area contributed by atoms with Crippen molar-refractivity contribution in [2.75, 3.05) is 10.6 Å². The molecule has 0 spiro atoms. The number of nitrogens with zero attached hydrogens (tertiary/aromatic N) is 1. The van der Waals surface area contributed by atoms with E-state index in [0.29, 0.717) is 33.1 Å². The Morgan fingerprint density at radius 1 is 0.852 bits per heavy atom. The van der Waals surface area contributed by atoms with Gasteiger partial charge in [0.2, 0.25) is 0 Å². The second-order valence-electron chi connectivity index (χ2n) is 5.65. The van der Waals surface area contributed by atoms with Crippen LogP contribution in [0.25, 0.3) is 0 Å². The number of nitriles is 1. The van der Waals surface area contributed by atoms with Crippen LogP contribution in [0.4, 0.5) is 11.4 Å². The molecule has 0 atom stereocenters. The minimum absolute atomic E-state index is 0.317. The zero-order chi connectivity index (χ0) is 19.2. The summed E-state index contributed by atoms with van der Waals surface area (Å²) in [5.41, 5.74) is 2.00. The second-order valence-corrected chi connectivity index (χ2v) is 6.09. The first kappa shape index (κ1) is 18.2. The van der Waals surface area contributed by atoms with E-state index < -0.39 is 5.91 Å². The van der Waals surface area contributed by atoms with Crippen molar-refractivity contribution < 1.29 is 9.59 Å². The highest BCUT2D eigenvalue weighted by Gasteiger charge is 2.14. The Hall–Kier alpha value is -3.62. The number of nitrogens with one attached hydrogen (secondary N) is 2. The third-order valence-corrected chi connectivity index (χ3v) is 4.03. The molecule has 0 aromatic heterocycles. The standard InChI is InChI=1S/C21H14ClN3O2/c22-16-8-10-17(11-9-16)24-21(27)18-6-1-2-7-19(18)25-20(26)15-5-3-4-14(12-15)13-23/h1-12H,(H,24,27)(H,25,26). The van der Waals surface area contributed by atoms with E-state index >= 15 is 0 Å². The third kappa shape index (κ3) is 4.51. The zero-order valence-corrected chi connectivity index (χ0v) is 14.8. The van der Waals surface area contributed by atoms with Gasteiger partial charge in [-0.2, -0.15) is 5.26 Å². The SMILES string of the molecule is N#Cc1cccc(C(=O)Nc2ccccc2C(=O)Nc2ccc(Cl)cc2)c1. The molecule has 0 aliphatic heterocycles. The largest absolute Gasteiger partial charge is 0.322 e. The lowest BCUT2D eigenvalue weighted by Crippen LogP contribution is -2.18. The molecule has 3 aromatic carbocycles. The average Bonchev–Trinajstić information content (AvgIpc) is 2.70. The molecule has 2 amide bonds. The van der Waals surface area contributed by atoms with Crippen molar-refractivity contribution in [3.63, 3.8) is 0 Å². The van der Waals surface area contributed by atoms with Crippen LogP contribution in [0.1, 0.15) is 26.3 Å². The molecule has 0 bridgehead atoms. The lowest BCUT2D eigenvalue weighted by atomic mass is 10.1. The summed E-state index contributed by atoms with van der Waals surface area (Å²) in [6, 6.07) is 21.8. The van der Waals surface area contributed by atoms with Crippen LogP contribution in [0, 0.1) is 11.3 Å². The highest BCUT2D eigenvalue weighted by molar-refractivity contribution is 6.30. The van der Waals surface area contributed by atoms with Crippen molar-refractivity contribution in [1.82, 2.24) is 0 Å². The molecule has 27 heavy (non-hydrogen) atoms. The summed E-state index contributed by atoms with van der Waals surface area (Å²) in [6.07, 6.45) is 0. The molecule has 5 nitrogen and oxygen atoms in total. The van der Waals surface area contributed by atoms with Crippen molar-refractivity contribution in [2.45, 2.75) is 0 Å². The lowest BCUT2D eigenvalue weighted by Gasteiger charge is -2.12. The highest BCUT2D eigenvalue weighted by atomic mass is 35.5. The minimum atomic E-state index is -0.404. The molecule has 0 radical (unpaired) electrons. The summed E-state index contributed by atoms with van der Waals surface area (Å²) in [4.78, 5) is 25.1. The van der Waals surface area contributed by atoms with Crippen molar-refractivity contribution in [3.05, 3.63) is 94.5 Å². The molecule has 6 heteroatoms. The van der Waals surface area contributed by atoms with E-state index in [2.05, 4.69) is 10.6 Å². The van der Waals surface area contributed by atoms with Gasteiger partial charge in [0, 0.05) is 16.3 Å². The van der Waals surface area contributed by atoms with Crippen LogP contribution in [-0.4, -0.2) is 11.8 Å². The molecule has 2 N–H and O–H groups in total. The molecule has 0 fully saturated rings. The number of halogens is 1. The summed E-state index contributed by atoms with van der Waals surface area (Å²) in [5, 5.41) is 15.0. The average molecular weight is 376 g/mol. The Morgan fingerprint density at radius 3 is 2.33 bits per heavy atom. The number of para-hydroxylation sites is 1. The predicted molar refractivity (Wildman–Crippen MR) is 105 cm³/mol. The van der Waals surface area contributed by atoms with E-state index in [9.17, 15) is 9.59 Å². The number of rotatable bonds is 4. The van der Waals surface area contributed by atoms with Crippen LogP contribution >= 0.6 is 11.6 Å². The first-order chi connectivity index (χ1) is 13.1. The fourth-order valence-electron chi connectivity index (χ4n) is 2.45. The number of carbonyl (C=O) groups is 2. The van der Waals surface area contributed by atoms with Gasteiger partial charge < -0.3 is 10.6 Å². The molecule has 132 valence electrons. The highest BCUT2D eigenvalue weighted by Crippen LogP contribution is 2.20. The van der Waals surface area contributed by atoms with E-state index in [1.807, 2.05) is 6.07 Å².